The summed E-state index contributed by atoms with van der Waals surface area (Å²) in [5.41, 5.74) is -0.553. The van der Waals surface area contributed by atoms with Gasteiger partial charge in [0.25, 0.3) is 0 Å². The third kappa shape index (κ3) is 4.30. The number of aliphatic hydroxyl groups excluding tert-OH is 1. The first-order valence-corrected chi connectivity index (χ1v) is 7.92. The van der Waals surface area contributed by atoms with Gasteiger partial charge in [0.1, 0.15) is 5.60 Å². The second kappa shape index (κ2) is 6.78. The smallest absolute Gasteiger partial charge is 0.410 e. The molecule has 0 aliphatic carbocycles. The average Bonchev–Trinajstić information content (AvgIpc) is 2.45. The zero-order valence-corrected chi connectivity index (χ0v) is 14.6. The Labute approximate surface area is 138 Å². The van der Waals surface area contributed by atoms with Crippen molar-refractivity contribution in [2.45, 2.75) is 32.4 Å². The highest BCUT2D eigenvalue weighted by molar-refractivity contribution is 9.10. The van der Waals surface area contributed by atoms with Gasteiger partial charge in [-0.3, -0.25) is 4.90 Å². The molecule has 8 heteroatoms. The van der Waals surface area contributed by atoms with Gasteiger partial charge in [0.05, 0.1) is 17.1 Å². The van der Waals surface area contributed by atoms with Crippen LogP contribution in [0.1, 0.15) is 20.8 Å². The number of nitrogens with zero attached hydrogens (tertiary/aromatic N) is 4. The van der Waals surface area contributed by atoms with Crippen LogP contribution in [0.15, 0.2) is 16.9 Å². The normalized spacial score (nSPS) is 19.2. The number of carbonyl (C=O) groups is 1. The summed E-state index contributed by atoms with van der Waals surface area (Å²) >= 11 is 3.30. The van der Waals surface area contributed by atoms with Crippen molar-refractivity contribution in [1.29, 1.82) is 0 Å². The minimum atomic E-state index is -0.553. The topological polar surface area (TPSA) is 78.8 Å². The number of ether oxygens (including phenoxy) is 1. The van der Waals surface area contributed by atoms with Gasteiger partial charge in [-0.1, -0.05) is 0 Å². The Bertz CT molecular complexity index is 518. The summed E-state index contributed by atoms with van der Waals surface area (Å²) in [6, 6.07) is -0.337. The fourth-order valence-electron chi connectivity index (χ4n) is 2.22. The van der Waals surface area contributed by atoms with Crippen molar-refractivity contribution >= 4 is 28.0 Å². The minimum absolute atomic E-state index is 0.133. The Hall–Kier alpha value is -1.41. The maximum Gasteiger partial charge on any atom is 0.410 e. The van der Waals surface area contributed by atoms with Crippen LogP contribution in [0.4, 0.5) is 10.7 Å². The number of piperazine rings is 1. The predicted molar refractivity (Wildman–Crippen MR) is 85.8 cm³/mol. The molecule has 0 saturated carbocycles. The highest BCUT2D eigenvalue weighted by Crippen LogP contribution is 2.19. The lowest BCUT2D eigenvalue weighted by Gasteiger charge is -2.40. The van der Waals surface area contributed by atoms with E-state index in [0.717, 1.165) is 4.47 Å². The van der Waals surface area contributed by atoms with E-state index < -0.39 is 11.7 Å². The molecule has 1 atom stereocenters. The van der Waals surface area contributed by atoms with Gasteiger partial charge in [-0.25, -0.2) is 14.8 Å². The number of amides is 1. The van der Waals surface area contributed by atoms with Gasteiger partial charge in [-0.15, -0.1) is 0 Å². The van der Waals surface area contributed by atoms with Gasteiger partial charge in [0, 0.05) is 32.0 Å². The monoisotopic (exact) mass is 372 g/mol. The maximum absolute atomic E-state index is 12.2. The van der Waals surface area contributed by atoms with Crippen LogP contribution in [0, 0.1) is 0 Å². The predicted octanol–water partition coefficient (Wildman–Crippen LogP) is 1.66. The van der Waals surface area contributed by atoms with Gasteiger partial charge in [0.2, 0.25) is 5.95 Å². The fraction of sp³-hybridized carbons (Fsp3) is 0.643. The summed E-state index contributed by atoms with van der Waals surface area (Å²) in [5.74, 6) is 0.588. The standard InChI is InChI=1S/C14H21BrN4O3/c1-14(2,3)22-13(21)19-5-4-18(8-11(19)9-20)12-16-6-10(15)7-17-12/h6-7,11,20H,4-5,8-9H2,1-3H3/t11-/m0/s1. The summed E-state index contributed by atoms with van der Waals surface area (Å²) in [6.07, 6.45) is 2.95. The molecule has 0 aromatic carbocycles. The number of hydrogen-bond acceptors (Lipinski definition) is 6. The Morgan fingerprint density at radius 1 is 1.41 bits per heavy atom. The molecule has 0 bridgehead atoms. The largest absolute Gasteiger partial charge is 0.444 e. The molecule has 22 heavy (non-hydrogen) atoms. The molecule has 1 aromatic rings. The first-order chi connectivity index (χ1) is 10.3. The van der Waals surface area contributed by atoms with Crippen molar-refractivity contribution in [2.24, 2.45) is 0 Å². The Kier molecular flexibility index (Phi) is 5.23. The maximum atomic E-state index is 12.2. The molecule has 1 aliphatic heterocycles. The number of aromatic nitrogens is 2. The molecule has 1 saturated heterocycles. The summed E-state index contributed by atoms with van der Waals surface area (Å²) < 4.78 is 6.19. The van der Waals surface area contributed by atoms with E-state index in [2.05, 4.69) is 25.9 Å². The molecule has 122 valence electrons. The molecular formula is C14H21BrN4O3. The van der Waals surface area contributed by atoms with Crippen LogP contribution in [-0.2, 0) is 4.74 Å². The van der Waals surface area contributed by atoms with Crippen LogP contribution in [-0.4, -0.2) is 64.0 Å². The average molecular weight is 373 g/mol. The zero-order chi connectivity index (χ0) is 16.3. The third-order valence-electron chi connectivity index (χ3n) is 3.21. The number of carbonyl (C=O) groups excluding carboxylic acids is 1. The first-order valence-electron chi connectivity index (χ1n) is 7.13. The van der Waals surface area contributed by atoms with Gasteiger partial charge in [-0.05, 0) is 36.7 Å². The molecule has 0 unspecified atom stereocenters. The molecule has 1 aromatic heterocycles. The van der Waals surface area contributed by atoms with E-state index >= 15 is 0 Å². The van der Waals surface area contributed by atoms with Crippen LogP contribution in [0.2, 0.25) is 0 Å². The van der Waals surface area contributed by atoms with Crippen molar-refractivity contribution in [2.75, 3.05) is 31.1 Å². The van der Waals surface area contributed by atoms with E-state index in [4.69, 9.17) is 4.74 Å². The van der Waals surface area contributed by atoms with Crippen molar-refractivity contribution in [3.63, 3.8) is 0 Å². The molecule has 0 radical (unpaired) electrons. The summed E-state index contributed by atoms with van der Waals surface area (Å²) in [7, 11) is 0. The Morgan fingerprint density at radius 2 is 2.05 bits per heavy atom. The van der Waals surface area contributed by atoms with Crippen LogP contribution >= 0.6 is 15.9 Å². The Balaban J connectivity index is 2.05. The molecule has 1 fully saturated rings. The van der Waals surface area contributed by atoms with E-state index in [1.807, 2.05) is 25.7 Å². The molecule has 2 rings (SSSR count). The van der Waals surface area contributed by atoms with Gasteiger partial charge in [0.15, 0.2) is 0 Å². The lowest BCUT2D eigenvalue weighted by Crippen LogP contribution is -2.57. The minimum Gasteiger partial charge on any atom is -0.444 e. The van der Waals surface area contributed by atoms with E-state index in [-0.39, 0.29) is 12.6 Å². The lowest BCUT2D eigenvalue weighted by atomic mass is 10.2. The molecular weight excluding hydrogens is 352 g/mol. The van der Waals surface area contributed by atoms with Crippen molar-refractivity contribution in [1.82, 2.24) is 14.9 Å². The number of halogens is 1. The summed E-state index contributed by atoms with van der Waals surface area (Å²) in [5, 5.41) is 9.59. The van der Waals surface area contributed by atoms with E-state index in [1.165, 1.54) is 0 Å². The zero-order valence-electron chi connectivity index (χ0n) is 13.0. The van der Waals surface area contributed by atoms with E-state index in [1.54, 1.807) is 17.3 Å². The van der Waals surface area contributed by atoms with Gasteiger partial charge in [-0.2, -0.15) is 0 Å². The van der Waals surface area contributed by atoms with Crippen LogP contribution < -0.4 is 4.90 Å². The van der Waals surface area contributed by atoms with Crippen LogP contribution in [0.5, 0.6) is 0 Å². The molecule has 0 spiro atoms. The van der Waals surface area contributed by atoms with Gasteiger partial charge >= 0.3 is 6.09 Å². The number of aliphatic hydroxyl groups is 1. The number of hydrogen-bond donors (Lipinski definition) is 1. The lowest BCUT2D eigenvalue weighted by molar-refractivity contribution is 0.00694. The molecule has 7 nitrogen and oxygen atoms in total. The first kappa shape index (κ1) is 17.0. The van der Waals surface area contributed by atoms with E-state index in [0.29, 0.717) is 25.6 Å². The second-order valence-corrected chi connectivity index (χ2v) is 7.07. The third-order valence-corrected chi connectivity index (χ3v) is 3.62. The number of rotatable bonds is 2. The molecule has 1 N–H and O–H groups in total. The summed E-state index contributed by atoms with van der Waals surface area (Å²) in [4.78, 5) is 24.2. The quantitative estimate of drug-likeness (QED) is 0.850. The molecule has 2 heterocycles. The molecule has 1 amide bonds. The summed E-state index contributed by atoms with van der Waals surface area (Å²) in [6.45, 7) is 6.86. The van der Waals surface area contributed by atoms with Gasteiger partial charge < -0.3 is 14.7 Å². The highest BCUT2D eigenvalue weighted by Gasteiger charge is 2.33. The fourth-order valence-corrected chi connectivity index (χ4v) is 2.43. The molecule has 1 aliphatic rings. The Morgan fingerprint density at radius 3 is 2.59 bits per heavy atom. The second-order valence-electron chi connectivity index (χ2n) is 6.16. The van der Waals surface area contributed by atoms with Crippen LogP contribution in [0.25, 0.3) is 0 Å². The van der Waals surface area contributed by atoms with Crippen molar-refractivity contribution in [3.8, 4) is 0 Å². The van der Waals surface area contributed by atoms with Crippen molar-refractivity contribution < 1.29 is 14.6 Å². The highest BCUT2D eigenvalue weighted by atomic mass is 79.9. The van der Waals surface area contributed by atoms with Crippen LogP contribution in [0.3, 0.4) is 0 Å². The van der Waals surface area contributed by atoms with E-state index in [9.17, 15) is 9.90 Å². The van der Waals surface area contributed by atoms with Crippen molar-refractivity contribution in [3.05, 3.63) is 16.9 Å². The SMILES string of the molecule is CC(C)(C)OC(=O)N1CCN(c2ncc(Br)cn2)C[C@H]1CO. The number of anilines is 1.